The number of benzene rings is 2. The van der Waals surface area contributed by atoms with Crippen LogP contribution in [0.1, 0.15) is 5.56 Å². The average Bonchev–Trinajstić information content (AvgIpc) is 2.89. The number of anilines is 2. The van der Waals surface area contributed by atoms with Crippen molar-refractivity contribution < 1.29 is 14.7 Å². The Morgan fingerprint density at radius 2 is 1.89 bits per heavy atom. The van der Waals surface area contributed by atoms with Crippen LogP contribution in [0.15, 0.2) is 57.2 Å². The molecular formula is C19H14N2O3S3. The zero-order valence-corrected chi connectivity index (χ0v) is 16.7. The number of hydrogen-bond donors (Lipinski definition) is 1. The molecule has 0 aliphatic carbocycles. The zero-order valence-electron chi connectivity index (χ0n) is 14.2. The highest BCUT2D eigenvalue weighted by Gasteiger charge is 2.33. The molecule has 0 radical (unpaired) electrons. The summed E-state index contributed by atoms with van der Waals surface area (Å²) >= 11 is 7.96. The molecule has 2 aliphatic rings. The van der Waals surface area contributed by atoms with E-state index in [0.29, 0.717) is 4.91 Å². The van der Waals surface area contributed by atoms with E-state index >= 15 is 0 Å². The number of carboxylic acid groups (broad SMARTS) is 1. The van der Waals surface area contributed by atoms with Gasteiger partial charge in [0.15, 0.2) is 0 Å². The minimum atomic E-state index is -1.08. The fourth-order valence-electron chi connectivity index (χ4n) is 2.97. The van der Waals surface area contributed by atoms with E-state index < -0.39 is 12.5 Å². The van der Waals surface area contributed by atoms with Gasteiger partial charge in [-0.05, 0) is 35.9 Å². The molecule has 0 bridgehead atoms. The number of fused-ring (bicyclic) bond motifs is 2. The number of carbonyl (C=O) groups is 2. The largest absolute Gasteiger partial charge is 0.480 e. The Morgan fingerprint density at radius 3 is 2.67 bits per heavy atom. The van der Waals surface area contributed by atoms with Crippen LogP contribution < -0.4 is 4.90 Å². The first-order valence-electron chi connectivity index (χ1n) is 8.06. The van der Waals surface area contributed by atoms with Gasteiger partial charge in [0.1, 0.15) is 10.9 Å². The van der Waals surface area contributed by atoms with E-state index in [-0.39, 0.29) is 10.2 Å². The number of hydrogen-bond acceptors (Lipinski definition) is 6. The van der Waals surface area contributed by atoms with Crippen LogP contribution in [0.4, 0.5) is 11.4 Å². The summed E-state index contributed by atoms with van der Waals surface area (Å²) in [7, 11) is 2.04. The number of carbonyl (C=O) groups excluding carboxylic acids is 1. The normalized spacial score (nSPS) is 17.3. The van der Waals surface area contributed by atoms with Crippen LogP contribution in [0.2, 0.25) is 0 Å². The molecule has 5 nitrogen and oxygen atoms in total. The number of nitrogens with zero attached hydrogens (tertiary/aromatic N) is 2. The molecule has 2 aromatic rings. The number of carboxylic acids is 1. The molecule has 0 spiro atoms. The van der Waals surface area contributed by atoms with Crippen molar-refractivity contribution in [2.75, 3.05) is 18.5 Å². The molecule has 2 heterocycles. The lowest BCUT2D eigenvalue weighted by molar-refractivity contribution is -0.140. The standard InChI is InChI=1S/C19H14N2O3S3/c1-20-12-4-2-3-5-14(12)26-15-8-11(6-7-13(15)20)9-16-18(24)21(10-17(22)23)19(25)27-16/h2-9H,10H2,1H3,(H,22,23)/b16-9-. The number of rotatable bonds is 3. The van der Waals surface area contributed by atoms with Crippen molar-refractivity contribution >= 4 is 69.4 Å². The Kier molecular flexibility index (Phi) is 4.71. The van der Waals surface area contributed by atoms with Gasteiger partial charge >= 0.3 is 5.97 Å². The quantitative estimate of drug-likeness (QED) is 0.596. The number of amides is 1. The van der Waals surface area contributed by atoms with Crippen LogP contribution in [0.5, 0.6) is 0 Å². The summed E-state index contributed by atoms with van der Waals surface area (Å²) in [5.41, 5.74) is 3.15. The smallest absolute Gasteiger partial charge is 0.323 e. The fraction of sp³-hybridized carbons (Fsp3) is 0.105. The summed E-state index contributed by atoms with van der Waals surface area (Å²) in [5.74, 6) is -1.44. The lowest BCUT2D eigenvalue weighted by atomic mass is 10.1. The number of thiocarbonyl (C=S) groups is 1. The molecule has 27 heavy (non-hydrogen) atoms. The van der Waals surface area contributed by atoms with Gasteiger partial charge in [-0.3, -0.25) is 14.5 Å². The Morgan fingerprint density at radius 1 is 1.15 bits per heavy atom. The third-order valence-corrected chi connectivity index (χ3v) is 6.75. The number of thioether (sulfide) groups is 1. The minimum Gasteiger partial charge on any atom is -0.480 e. The molecular weight excluding hydrogens is 400 g/mol. The van der Waals surface area contributed by atoms with E-state index in [0.717, 1.165) is 38.5 Å². The van der Waals surface area contributed by atoms with Crippen LogP contribution in [-0.2, 0) is 9.59 Å². The van der Waals surface area contributed by atoms with Gasteiger partial charge in [0, 0.05) is 16.8 Å². The van der Waals surface area contributed by atoms with Gasteiger partial charge in [-0.25, -0.2) is 0 Å². The van der Waals surface area contributed by atoms with E-state index in [1.807, 2.05) is 37.4 Å². The van der Waals surface area contributed by atoms with Gasteiger partial charge < -0.3 is 10.0 Å². The van der Waals surface area contributed by atoms with Gasteiger partial charge in [0.05, 0.1) is 16.3 Å². The van der Waals surface area contributed by atoms with Gasteiger partial charge in [0.2, 0.25) is 0 Å². The van der Waals surface area contributed by atoms with Gasteiger partial charge in [-0.1, -0.05) is 53.9 Å². The van der Waals surface area contributed by atoms with Gasteiger partial charge in [-0.2, -0.15) is 0 Å². The second kappa shape index (κ2) is 7.03. The molecule has 8 heteroatoms. The molecule has 4 rings (SSSR count). The zero-order chi connectivity index (χ0) is 19.1. The first-order chi connectivity index (χ1) is 12.9. The minimum absolute atomic E-state index is 0.273. The average molecular weight is 415 g/mol. The fourth-order valence-corrected chi connectivity index (χ4v) is 5.42. The Bertz CT molecular complexity index is 1020. The topological polar surface area (TPSA) is 60.9 Å². The Labute approximate surface area is 170 Å². The SMILES string of the molecule is CN1c2ccccc2Sc2cc(/C=C3\SC(=S)N(CC(=O)O)C3=O)ccc21. The van der Waals surface area contributed by atoms with Crippen molar-refractivity contribution in [2.24, 2.45) is 0 Å². The van der Waals surface area contributed by atoms with Crippen LogP contribution >= 0.6 is 35.7 Å². The Hall–Kier alpha value is -2.29. The summed E-state index contributed by atoms with van der Waals surface area (Å²) in [4.78, 5) is 29.3. The molecule has 2 aliphatic heterocycles. The second-order valence-corrected chi connectivity index (χ2v) is 8.78. The van der Waals surface area contributed by atoms with E-state index in [9.17, 15) is 9.59 Å². The summed E-state index contributed by atoms with van der Waals surface area (Å²) in [6.07, 6.45) is 1.77. The predicted octanol–water partition coefficient (Wildman–Crippen LogP) is 4.20. The molecule has 0 saturated carbocycles. The second-order valence-electron chi connectivity index (χ2n) is 6.02. The monoisotopic (exact) mass is 414 g/mol. The maximum Gasteiger partial charge on any atom is 0.323 e. The summed E-state index contributed by atoms with van der Waals surface area (Å²) in [6.45, 7) is -0.413. The highest BCUT2D eigenvalue weighted by Crippen LogP contribution is 2.47. The molecule has 1 amide bonds. The van der Waals surface area contributed by atoms with E-state index in [2.05, 4.69) is 17.0 Å². The van der Waals surface area contributed by atoms with Crippen molar-refractivity contribution in [3.8, 4) is 0 Å². The molecule has 1 saturated heterocycles. The van der Waals surface area contributed by atoms with E-state index in [1.165, 1.54) is 4.90 Å². The van der Waals surface area contributed by atoms with Crippen molar-refractivity contribution in [1.29, 1.82) is 0 Å². The summed E-state index contributed by atoms with van der Waals surface area (Å²) < 4.78 is 0.273. The van der Waals surface area contributed by atoms with Crippen LogP contribution in [0, 0.1) is 0 Å². The van der Waals surface area contributed by atoms with Crippen molar-refractivity contribution in [1.82, 2.24) is 4.90 Å². The third-order valence-electron chi connectivity index (χ3n) is 4.26. The summed E-state index contributed by atoms with van der Waals surface area (Å²) in [6, 6.07) is 14.2. The maximum absolute atomic E-state index is 12.4. The summed E-state index contributed by atoms with van der Waals surface area (Å²) in [5, 5.41) is 8.93. The van der Waals surface area contributed by atoms with Crippen LogP contribution in [0.25, 0.3) is 6.08 Å². The molecule has 0 atom stereocenters. The lowest BCUT2D eigenvalue weighted by Gasteiger charge is -2.29. The lowest BCUT2D eigenvalue weighted by Crippen LogP contribution is -2.33. The molecule has 1 fully saturated rings. The van der Waals surface area contributed by atoms with Crippen LogP contribution in [0.3, 0.4) is 0 Å². The molecule has 136 valence electrons. The number of aliphatic carboxylic acids is 1. The number of para-hydroxylation sites is 1. The van der Waals surface area contributed by atoms with Gasteiger partial charge in [-0.15, -0.1) is 0 Å². The Balaban J connectivity index is 1.64. The first kappa shape index (κ1) is 18.1. The van der Waals surface area contributed by atoms with Crippen LogP contribution in [-0.4, -0.2) is 39.8 Å². The highest BCUT2D eigenvalue weighted by molar-refractivity contribution is 8.26. The third kappa shape index (κ3) is 3.36. The molecule has 0 aromatic heterocycles. The van der Waals surface area contributed by atoms with Gasteiger partial charge in [0.25, 0.3) is 5.91 Å². The van der Waals surface area contributed by atoms with Crippen molar-refractivity contribution in [3.05, 3.63) is 52.9 Å². The highest BCUT2D eigenvalue weighted by atomic mass is 32.2. The maximum atomic E-state index is 12.4. The van der Waals surface area contributed by atoms with E-state index in [4.69, 9.17) is 17.3 Å². The molecule has 2 aromatic carbocycles. The van der Waals surface area contributed by atoms with Crippen molar-refractivity contribution in [3.63, 3.8) is 0 Å². The molecule has 1 N–H and O–H groups in total. The van der Waals surface area contributed by atoms with Crippen molar-refractivity contribution in [2.45, 2.75) is 9.79 Å². The molecule has 0 unspecified atom stereocenters. The van der Waals surface area contributed by atoms with E-state index in [1.54, 1.807) is 17.8 Å². The first-order valence-corrected chi connectivity index (χ1v) is 10.1. The predicted molar refractivity (Wildman–Crippen MR) is 113 cm³/mol.